The predicted molar refractivity (Wildman–Crippen MR) is 167 cm³/mol. The lowest BCUT2D eigenvalue weighted by molar-refractivity contribution is -0.133. The molecule has 0 saturated carbocycles. The van der Waals surface area contributed by atoms with Crippen molar-refractivity contribution in [3.8, 4) is 16.9 Å². The topological polar surface area (TPSA) is 108 Å². The summed E-state index contributed by atoms with van der Waals surface area (Å²) in [7, 11) is -1.61. The Morgan fingerprint density at radius 1 is 1.00 bits per heavy atom. The van der Waals surface area contributed by atoms with E-state index in [0.717, 1.165) is 47.2 Å². The van der Waals surface area contributed by atoms with Crippen LogP contribution < -0.4 is 14.4 Å². The number of hydrogen-bond acceptors (Lipinski definition) is 7. The van der Waals surface area contributed by atoms with Gasteiger partial charge in [0.2, 0.25) is 15.9 Å². The summed E-state index contributed by atoms with van der Waals surface area (Å²) in [5.41, 5.74) is 5.92. The van der Waals surface area contributed by atoms with Crippen molar-refractivity contribution < 1.29 is 27.5 Å². The third kappa shape index (κ3) is 7.35. The normalized spacial score (nSPS) is 16.3. The van der Waals surface area contributed by atoms with Gasteiger partial charge in [0, 0.05) is 32.4 Å². The van der Waals surface area contributed by atoms with Crippen molar-refractivity contribution in [2.45, 2.75) is 19.9 Å². The van der Waals surface area contributed by atoms with E-state index >= 15 is 0 Å². The first-order valence-corrected chi connectivity index (χ1v) is 16.2. The molecular formula is C32H38N4O6S. The highest BCUT2D eigenvalue weighted by Gasteiger charge is 2.31. The second-order valence-corrected chi connectivity index (χ2v) is 12.9. The number of sulfonamides is 1. The zero-order valence-corrected chi connectivity index (χ0v) is 25.8. The number of hydrogen-bond donors (Lipinski definition) is 1. The third-order valence-corrected chi connectivity index (χ3v) is 8.61. The number of aryl methyl sites for hydroxylation is 2. The average molecular weight is 607 g/mol. The van der Waals surface area contributed by atoms with E-state index in [1.807, 2.05) is 56.3 Å². The van der Waals surface area contributed by atoms with Gasteiger partial charge in [0.05, 0.1) is 31.2 Å². The number of fused-ring (bicyclic) bond motifs is 1. The van der Waals surface area contributed by atoms with Gasteiger partial charge in [-0.25, -0.2) is 8.42 Å². The van der Waals surface area contributed by atoms with Gasteiger partial charge < -0.3 is 14.4 Å². The molecule has 1 N–H and O–H groups in total. The Morgan fingerprint density at radius 3 is 2.40 bits per heavy atom. The van der Waals surface area contributed by atoms with Crippen molar-refractivity contribution in [3.63, 3.8) is 0 Å². The molecule has 0 radical (unpaired) electrons. The first-order chi connectivity index (χ1) is 20.5. The molecule has 2 amide bonds. The Hall–Kier alpha value is -3.93. The molecule has 2 heterocycles. The molecule has 10 nitrogen and oxygen atoms in total. The Balaban J connectivity index is 1.39. The summed E-state index contributed by atoms with van der Waals surface area (Å²) in [6.45, 7) is 7.20. The van der Waals surface area contributed by atoms with Gasteiger partial charge >= 0.3 is 0 Å². The molecule has 0 bridgehead atoms. The number of carbonyl (C=O) groups is 2. The number of carbonyl (C=O) groups excluding carboxylic acids is 2. The minimum atomic E-state index is -3.39. The zero-order valence-electron chi connectivity index (χ0n) is 25.0. The molecule has 1 saturated heterocycles. The minimum absolute atomic E-state index is 0.0913. The monoisotopic (exact) mass is 606 g/mol. The molecule has 228 valence electrons. The van der Waals surface area contributed by atoms with E-state index in [1.54, 1.807) is 30.1 Å². The molecule has 1 fully saturated rings. The zero-order chi connectivity index (χ0) is 30.7. The lowest BCUT2D eigenvalue weighted by Gasteiger charge is -2.37. The fourth-order valence-electron chi connectivity index (χ4n) is 5.40. The Kier molecular flexibility index (Phi) is 9.05. The van der Waals surface area contributed by atoms with Gasteiger partial charge in [-0.1, -0.05) is 36.4 Å². The maximum atomic E-state index is 13.8. The van der Waals surface area contributed by atoms with Gasteiger partial charge in [0.1, 0.15) is 12.3 Å². The van der Waals surface area contributed by atoms with Crippen LogP contribution in [0.4, 0.5) is 11.4 Å². The van der Waals surface area contributed by atoms with Gasteiger partial charge in [-0.2, -0.15) is 0 Å². The van der Waals surface area contributed by atoms with Gasteiger partial charge in [0.15, 0.2) is 6.61 Å². The van der Waals surface area contributed by atoms with E-state index < -0.39 is 10.0 Å². The fourth-order valence-corrected chi connectivity index (χ4v) is 5.96. The van der Waals surface area contributed by atoms with Crippen LogP contribution in [0.15, 0.2) is 60.7 Å². The van der Waals surface area contributed by atoms with Crippen LogP contribution in [0, 0.1) is 13.8 Å². The molecule has 11 heteroatoms. The molecule has 43 heavy (non-hydrogen) atoms. The standard InChI is InChI=1S/C32H38N4O6S/c1-22-16-28-30(17-23(22)2)42-21-32(38)36(28)20-31(37)34(3)29(19-35-12-14-41-15-13-35)25-10-8-24(9-11-25)26-6-5-7-27(18-26)33-43(4,39)40/h5-11,16-18,29,33H,12-15,19-21H2,1-4H3. The molecule has 2 aliphatic rings. The average Bonchev–Trinajstić information content (AvgIpc) is 2.98. The van der Waals surface area contributed by atoms with Gasteiger partial charge in [-0.15, -0.1) is 0 Å². The Labute approximate surface area is 253 Å². The van der Waals surface area contributed by atoms with Crippen LogP contribution in [0.3, 0.4) is 0 Å². The molecule has 1 atom stereocenters. The SMILES string of the molecule is Cc1cc2c(cc1C)N(CC(=O)N(C)C(CN1CCOCC1)c1ccc(-c3cccc(NS(C)(=O)=O)c3)cc1)C(=O)CO2. The number of rotatable bonds is 9. The molecule has 1 unspecified atom stereocenters. The molecule has 2 aliphatic heterocycles. The van der Waals surface area contributed by atoms with Crippen LogP contribution in [0.2, 0.25) is 0 Å². The van der Waals surface area contributed by atoms with Crippen molar-refractivity contribution in [3.05, 3.63) is 77.4 Å². The second-order valence-electron chi connectivity index (χ2n) is 11.2. The van der Waals surface area contributed by atoms with Crippen LogP contribution in [-0.4, -0.2) is 89.3 Å². The van der Waals surface area contributed by atoms with Crippen LogP contribution in [0.1, 0.15) is 22.7 Å². The van der Waals surface area contributed by atoms with Crippen molar-refractivity contribution in [2.24, 2.45) is 0 Å². The minimum Gasteiger partial charge on any atom is -0.482 e. The third-order valence-electron chi connectivity index (χ3n) is 8.00. The van der Waals surface area contributed by atoms with Gasteiger partial charge in [0.25, 0.3) is 5.91 Å². The Morgan fingerprint density at radius 2 is 1.70 bits per heavy atom. The van der Waals surface area contributed by atoms with E-state index in [1.165, 1.54) is 4.90 Å². The second kappa shape index (κ2) is 12.7. The number of amides is 2. The van der Waals surface area contributed by atoms with Gasteiger partial charge in [-0.3, -0.25) is 24.1 Å². The summed E-state index contributed by atoms with van der Waals surface area (Å²) in [5.74, 6) is 0.176. The summed E-state index contributed by atoms with van der Waals surface area (Å²) in [6.07, 6.45) is 1.12. The van der Waals surface area contributed by atoms with E-state index in [0.29, 0.717) is 36.9 Å². The number of likely N-dealkylation sites (N-methyl/N-ethyl adjacent to an activating group) is 1. The van der Waals surface area contributed by atoms with Crippen molar-refractivity contribution >= 4 is 33.2 Å². The highest BCUT2D eigenvalue weighted by atomic mass is 32.2. The maximum absolute atomic E-state index is 13.8. The summed E-state index contributed by atoms with van der Waals surface area (Å²) in [4.78, 5) is 32.3. The number of nitrogens with zero attached hydrogens (tertiary/aromatic N) is 3. The maximum Gasteiger partial charge on any atom is 0.265 e. The van der Waals surface area contributed by atoms with Crippen LogP contribution >= 0.6 is 0 Å². The summed E-state index contributed by atoms with van der Waals surface area (Å²) >= 11 is 0. The van der Waals surface area contributed by atoms with Crippen LogP contribution in [-0.2, 0) is 24.3 Å². The first kappa shape index (κ1) is 30.5. The molecule has 3 aromatic carbocycles. The largest absolute Gasteiger partial charge is 0.482 e. The first-order valence-electron chi connectivity index (χ1n) is 14.3. The highest BCUT2D eigenvalue weighted by Crippen LogP contribution is 2.35. The fraction of sp³-hybridized carbons (Fsp3) is 0.375. The summed E-state index contributed by atoms with van der Waals surface area (Å²) in [5, 5.41) is 0. The Bertz CT molecular complexity index is 1600. The van der Waals surface area contributed by atoms with Crippen molar-refractivity contribution in [2.75, 3.05) is 68.9 Å². The van der Waals surface area contributed by atoms with E-state index in [2.05, 4.69) is 9.62 Å². The smallest absolute Gasteiger partial charge is 0.265 e. The molecule has 0 aromatic heterocycles. The quantitative estimate of drug-likeness (QED) is 0.397. The van der Waals surface area contributed by atoms with E-state index in [9.17, 15) is 18.0 Å². The number of morpholine rings is 1. The molecule has 3 aromatic rings. The predicted octanol–water partition coefficient (Wildman–Crippen LogP) is 3.60. The van der Waals surface area contributed by atoms with Crippen LogP contribution in [0.25, 0.3) is 11.1 Å². The molecule has 0 spiro atoms. The number of ether oxygens (including phenoxy) is 2. The summed E-state index contributed by atoms with van der Waals surface area (Å²) < 4.78 is 37.1. The highest BCUT2D eigenvalue weighted by molar-refractivity contribution is 7.92. The molecule has 0 aliphatic carbocycles. The lowest BCUT2D eigenvalue weighted by Crippen LogP contribution is -2.48. The number of benzene rings is 3. The number of nitrogens with one attached hydrogen (secondary N) is 1. The van der Waals surface area contributed by atoms with Crippen molar-refractivity contribution in [1.29, 1.82) is 0 Å². The summed E-state index contributed by atoms with van der Waals surface area (Å²) in [6, 6.07) is 18.7. The van der Waals surface area contributed by atoms with E-state index in [4.69, 9.17) is 9.47 Å². The van der Waals surface area contributed by atoms with Gasteiger partial charge in [-0.05, 0) is 65.9 Å². The molecule has 5 rings (SSSR count). The molecular weight excluding hydrogens is 568 g/mol. The number of anilines is 2. The lowest BCUT2D eigenvalue weighted by atomic mass is 9.99. The van der Waals surface area contributed by atoms with Crippen LogP contribution in [0.5, 0.6) is 5.75 Å². The van der Waals surface area contributed by atoms with Crippen molar-refractivity contribution in [1.82, 2.24) is 9.80 Å². The van der Waals surface area contributed by atoms with E-state index in [-0.39, 0.29) is 31.0 Å².